The molecule has 0 rings (SSSR count). The van der Waals surface area contributed by atoms with Crippen LogP contribution in [0.4, 0.5) is 0 Å². The summed E-state index contributed by atoms with van der Waals surface area (Å²) in [5, 5.41) is 14.2. The van der Waals surface area contributed by atoms with Crippen molar-refractivity contribution < 1.29 is 52.6 Å². The summed E-state index contributed by atoms with van der Waals surface area (Å²) in [5.74, 6) is -10.9. The number of likely N-dealkylation sites (N-methyl/N-ethyl adjacent to an activating group) is 1. The molecule has 0 fully saturated rings. The molecule has 0 aromatic carbocycles. The maximum atomic E-state index is 14.9. The third kappa shape index (κ3) is 46.0. The normalized spacial score (nSPS) is 13.3. The first-order valence-electron chi connectivity index (χ1n) is 32.4. The minimum Gasteiger partial charge on any atom is -0.379 e. The second kappa shape index (κ2) is 53.3. The summed E-state index contributed by atoms with van der Waals surface area (Å²) in [5.41, 5.74) is 83.3. The highest BCUT2D eigenvalue weighted by Crippen LogP contribution is 2.22. The molecule has 39 heteroatoms. The van der Waals surface area contributed by atoms with Crippen molar-refractivity contribution in [1.29, 1.82) is 0 Å². The van der Waals surface area contributed by atoms with Crippen molar-refractivity contribution in [2.75, 3.05) is 91.6 Å². The number of thiol groups is 1. The predicted molar refractivity (Wildman–Crippen MR) is 377 cm³/mol. The lowest BCUT2D eigenvalue weighted by Gasteiger charge is -2.26. The second-order valence-corrected chi connectivity index (χ2v) is 23.3. The summed E-state index contributed by atoms with van der Waals surface area (Å²) < 4.78 is 10.9. The fourth-order valence-electron chi connectivity index (χ4n) is 9.75. The molecule has 0 aliphatic rings. The number of primary amides is 1. The van der Waals surface area contributed by atoms with E-state index in [1.807, 2.05) is 0 Å². The number of ether oxygens (including phenoxy) is 2. The fraction of sp³-hybridized carbons (Fsp3) is 0.724. The van der Waals surface area contributed by atoms with E-state index in [1.54, 1.807) is 7.05 Å². The molecule has 0 unspecified atom stereocenters. The third-order valence-corrected chi connectivity index (χ3v) is 15.2. The molecule has 0 aliphatic carbocycles. The maximum Gasteiger partial charge on any atom is 0.224 e. The summed E-state index contributed by atoms with van der Waals surface area (Å²) in [7, 11) is 1.60. The summed E-state index contributed by atoms with van der Waals surface area (Å²) in [6.07, 6.45) is 0.918. The zero-order valence-corrected chi connectivity index (χ0v) is 57.1. The molecule has 0 radical (unpaired) electrons. The van der Waals surface area contributed by atoms with E-state index in [0.717, 1.165) is 0 Å². The standard InChI is InChI=1S/C58H113N27O11S/c1-74-39(13-5-21-79-55(66)67)43(86)30-35(10-2-18-76-52(60)61)49(92)83-40(14-6-22-80-56(68)69)44(87)31-36(11-3-19-77-53(62)63)50(93)84-41(15-7-23-81-57(70)71)45(88)32-37(12-4-20-78-54(64)65)51(94)85-42(16-8-24-82-58(72)73)46(89)33-38(34-97)48(91)75-25-27-96-29-28-95-26-9-17-47(59)90/h35-42,74,97H,2-34H2,1H3,(H2,59,90)(H,75,91)(H,83,92)(H,84,93)(H,85,94)(H4,60,61,76)(H4,62,63,77)(H4,64,65,78)(H4,66,67,79)(H4,68,69,80)(H4,70,71,81)(H4,72,73,82)/t35-,36-,37-,38+,39+,40+,41+,42+/m0/s1. The van der Waals surface area contributed by atoms with Crippen molar-refractivity contribution in [2.24, 2.45) is 145 Å². The highest BCUT2D eigenvalue weighted by molar-refractivity contribution is 7.80. The van der Waals surface area contributed by atoms with Gasteiger partial charge in [-0.25, -0.2) is 0 Å². The van der Waals surface area contributed by atoms with Crippen molar-refractivity contribution in [3.63, 3.8) is 0 Å². The number of rotatable bonds is 59. The quantitative estimate of drug-likeness (QED) is 0.0116. The number of hydrogen-bond acceptors (Lipinski definition) is 20. The number of nitrogens with zero attached hydrogens (tertiary/aromatic N) is 7. The molecule has 0 saturated carbocycles. The number of amides is 5. The molecule has 552 valence electrons. The molecule has 8 atom stereocenters. The van der Waals surface area contributed by atoms with Crippen LogP contribution < -0.4 is 113 Å². The smallest absolute Gasteiger partial charge is 0.224 e. The van der Waals surface area contributed by atoms with E-state index in [9.17, 15) is 43.2 Å². The first kappa shape index (κ1) is 88.2. The van der Waals surface area contributed by atoms with Gasteiger partial charge < -0.3 is 122 Å². The highest BCUT2D eigenvalue weighted by atomic mass is 32.1. The van der Waals surface area contributed by atoms with Crippen molar-refractivity contribution in [2.45, 2.75) is 153 Å². The van der Waals surface area contributed by atoms with E-state index in [2.05, 4.69) is 74.2 Å². The van der Waals surface area contributed by atoms with Crippen LogP contribution in [0.2, 0.25) is 0 Å². The van der Waals surface area contributed by atoms with Gasteiger partial charge in [0.15, 0.2) is 64.8 Å². The molecule has 0 bridgehead atoms. The molecule has 0 heterocycles. The molecular weight excluding hydrogens is 1280 g/mol. The molecule has 38 nitrogen and oxygen atoms in total. The number of carbonyl (C=O) groups is 9. The van der Waals surface area contributed by atoms with E-state index in [0.29, 0.717) is 25.9 Å². The fourth-order valence-corrected chi connectivity index (χ4v) is 10.0. The molecule has 0 aromatic rings. The summed E-state index contributed by atoms with van der Waals surface area (Å²) in [6.45, 7) is 1.58. The number of nitrogens with one attached hydrogen (secondary N) is 5. The summed E-state index contributed by atoms with van der Waals surface area (Å²) in [6, 6.07) is -4.51. The molecule has 35 N–H and O–H groups in total. The van der Waals surface area contributed by atoms with Gasteiger partial charge in [0.2, 0.25) is 29.5 Å². The van der Waals surface area contributed by atoms with Gasteiger partial charge in [-0.15, -0.1) is 0 Å². The monoisotopic (exact) mass is 1400 g/mol. The van der Waals surface area contributed by atoms with E-state index in [-0.39, 0.29) is 222 Å². The van der Waals surface area contributed by atoms with E-state index in [4.69, 9.17) is 95.5 Å². The second-order valence-electron chi connectivity index (χ2n) is 22.9. The zero-order valence-electron chi connectivity index (χ0n) is 56.2. The Balaban J connectivity index is 7.35. The number of hydrogen-bond donors (Lipinski definition) is 21. The average Bonchev–Trinajstić information content (AvgIpc) is 1.17. The van der Waals surface area contributed by atoms with Crippen molar-refractivity contribution in [3.8, 4) is 0 Å². The maximum absolute atomic E-state index is 14.9. The topological polar surface area (TPSA) is 709 Å². The van der Waals surface area contributed by atoms with Crippen LogP contribution in [-0.2, 0) is 52.6 Å². The van der Waals surface area contributed by atoms with Crippen molar-refractivity contribution >= 4 is 107 Å². The Hall–Kier alpha value is -8.85. The van der Waals surface area contributed by atoms with Gasteiger partial charge in [-0.1, -0.05) is 0 Å². The predicted octanol–water partition coefficient (Wildman–Crippen LogP) is -6.95. The molecule has 0 saturated heterocycles. The van der Waals surface area contributed by atoms with Gasteiger partial charge in [0.25, 0.3) is 0 Å². The van der Waals surface area contributed by atoms with Crippen LogP contribution in [0.3, 0.4) is 0 Å². The Bertz CT molecular complexity index is 2620. The number of guanidine groups is 7. The van der Waals surface area contributed by atoms with Crippen LogP contribution in [0.1, 0.15) is 128 Å². The lowest BCUT2D eigenvalue weighted by Crippen LogP contribution is -2.49. The largest absolute Gasteiger partial charge is 0.379 e. The Morgan fingerprint density at radius 3 is 0.887 bits per heavy atom. The van der Waals surface area contributed by atoms with E-state index >= 15 is 0 Å². The minimum atomic E-state index is -1.34. The van der Waals surface area contributed by atoms with Gasteiger partial charge >= 0.3 is 0 Å². The Labute approximate surface area is 572 Å². The van der Waals surface area contributed by atoms with Gasteiger partial charge in [0.05, 0.1) is 49.9 Å². The lowest BCUT2D eigenvalue weighted by molar-refractivity contribution is -0.136. The molecule has 0 aromatic heterocycles. The number of carbonyl (C=O) groups excluding carboxylic acids is 9. The summed E-state index contributed by atoms with van der Waals surface area (Å²) in [4.78, 5) is 154. The van der Waals surface area contributed by atoms with E-state index in [1.165, 1.54) is 0 Å². The van der Waals surface area contributed by atoms with Crippen LogP contribution in [0.25, 0.3) is 0 Å². The van der Waals surface area contributed by atoms with Crippen molar-refractivity contribution in [3.05, 3.63) is 0 Å². The Morgan fingerprint density at radius 2 is 0.608 bits per heavy atom. The van der Waals surface area contributed by atoms with Crippen LogP contribution in [0.5, 0.6) is 0 Å². The first-order chi connectivity index (χ1) is 46.0. The van der Waals surface area contributed by atoms with Gasteiger partial charge in [-0.05, 0) is 103 Å². The number of Topliss-reactive ketones (excluding diaryl/α,β-unsaturated/α-hetero) is 4. The average molecular weight is 1400 g/mol. The lowest BCUT2D eigenvalue weighted by atomic mass is 9.88. The van der Waals surface area contributed by atoms with E-state index < -0.39 is 108 Å². The zero-order chi connectivity index (χ0) is 73.1. The van der Waals surface area contributed by atoms with Gasteiger partial charge in [-0.3, -0.25) is 78.1 Å². The SMILES string of the molecule is CN[C@H](CCCN=C(N)N)C(=O)C[C@H](CCCN=C(N)N)C(=O)N[C@H](CCCN=C(N)N)C(=O)C[C@H](CCCN=C(N)N)C(=O)N[C@H](CCCN=C(N)N)C(=O)C[C@H](CCCN=C(N)N)C(=O)N[C@H](CCCN=C(N)N)C(=O)C[C@H](CS)C(=O)NCCOCCOCCCC(N)=O. The van der Waals surface area contributed by atoms with Crippen LogP contribution in [-0.4, -0.2) is 210 Å². The molecule has 97 heavy (non-hydrogen) atoms. The van der Waals surface area contributed by atoms with Gasteiger partial charge in [0.1, 0.15) is 0 Å². The van der Waals surface area contributed by atoms with Gasteiger partial charge in [-0.2, -0.15) is 12.6 Å². The number of aliphatic imine (C=N–C) groups is 7. The highest BCUT2D eigenvalue weighted by Gasteiger charge is 2.35. The Morgan fingerprint density at radius 1 is 0.340 bits per heavy atom. The minimum absolute atomic E-state index is 0.00460. The molecule has 0 aliphatic heterocycles. The third-order valence-electron chi connectivity index (χ3n) is 14.8. The van der Waals surface area contributed by atoms with Crippen molar-refractivity contribution in [1.82, 2.24) is 26.6 Å². The molecular formula is C58H113N27O11S. The molecule has 0 spiro atoms. The van der Waals surface area contributed by atoms with Gasteiger partial charge in [0, 0.05) is 115 Å². The molecule has 5 amide bonds. The summed E-state index contributed by atoms with van der Waals surface area (Å²) >= 11 is 4.35. The number of nitrogens with two attached hydrogens (primary N) is 15. The first-order valence-corrected chi connectivity index (χ1v) is 33.0. The Kier molecular flexibility index (Phi) is 48.4. The van der Waals surface area contributed by atoms with Crippen LogP contribution in [0, 0.1) is 23.7 Å². The van der Waals surface area contributed by atoms with Crippen LogP contribution >= 0.6 is 12.6 Å². The van der Waals surface area contributed by atoms with Crippen LogP contribution in [0.15, 0.2) is 34.9 Å². The number of ketones is 4.